The number of nitrogens with one attached hydrogen (secondary N) is 1. The highest BCUT2D eigenvalue weighted by molar-refractivity contribution is 7.21. The van der Waals surface area contributed by atoms with E-state index in [1.807, 2.05) is 26.2 Å². The normalized spacial score (nSPS) is 25.8. The number of ether oxygens (including phenoxy) is 2. The summed E-state index contributed by atoms with van der Waals surface area (Å²) in [5, 5.41) is 3.95. The lowest BCUT2D eigenvalue weighted by Gasteiger charge is -2.29. The number of hydrogen-bond donors (Lipinski definition) is 2. The molecule has 1 amide bonds. The molecule has 0 unspecified atom stereocenters. The summed E-state index contributed by atoms with van der Waals surface area (Å²) in [6, 6.07) is 10.2. The van der Waals surface area contributed by atoms with Crippen LogP contribution in [-0.2, 0) is 11.2 Å². The highest BCUT2D eigenvalue weighted by atomic mass is 32.1. The number of methoxy groups -OCH3 is 1. The van der Waals surface area contributed by atoms with Crippen LogP contribution in [0.15, 0.2) is 30.3 Å². The summed E-state index contributed by atoms with van der Waals surface area (Å²) in [4.78, 5) is 21.3. The Kier molecular flexibility index (Phi) is 5.18. The van der Waals surface area contributed by atoms with Gasteiger partial charge in [0.05, 0.1) is 17.3 Å². The predicted molar refractivity (Wildman–Crippen MR) is 135 cm³/mol. The molecule has 3 aromatic rings. The molecule has 3 aliphatic rings. The number of carbonyl (C=O) groups is 1. The minimum atomic E-state index is -0.166. The Bertz CT molecular complexity index is 1270. The number of aromatic nitrogens is 1. The van der Waals surface area contributed by atoms with Gasteiger partial charge in [0.15, 0.2) is 0 Å². The van der Waals surface area contributed by atoms with Crippen molar-refractivity contribution in [2.45, 2.75) is 44.2 Å². The van der Waals surface area contributed by atoms with E-state index in [0.717, 1.165) is 53.2 Å². The summed E-state index contributed by atoms with van der Waals surface area (Å²) in [5.41, 5.74) is 9.98. The molecule has 34 heavy (non-hydrogen) atoms. The fraction of sp³-hybridized carbons (Fsp3) is 0.462. The number of rotatable bonds is 4. The third-order valence-corrected chi connectivity index (χ3v) is 8.91. The zero-order valence-corrected chi connectivity index (χ0v) is 20.4. The number of thiophene rings is 1. The van der Waals surface area contributed by atoms with Crippen LogP contribution in [0.1, 0.15) is 40.2 Å². The van der Waals surface area contributed by atoms with E-state index in [9.17, 15) is 4.79 Å². The molecule has 1 aromatic carbocycles. The molecule has 3 N–H and O–H groups in total. The average molecular weight is 479 g/mol. The Morgan fingerprint density at radius 3 is 3.06 bits per heavy atom. The lowest BCUT2D eigenvalue weighted by atomic mass is 9.95. The highest BCUT2D eigenvalue weighted by Gasteiger charge is 2.50. The number of anilines is 2. The summed E-state index contributed by atoms with van der Waals surface area (Å²) >= 11 is 1.34. The summed E-state index contributed by atoms with van der Waals surface area (Å²) in [5.74, 6) is 1.35. The van der Waals surface area contributed by atoms with Crippen molar-refractivity contribution < 1.29 is 14.3 Å². The van der Waals surface area contributed by atoms with E-state index >= 15 is 0 Å². The van der Waals surface area contributed by atoms with Gasteiger partial charge in [-0.1, -0.05) is 12.5 Å². The van der Waals surface area contributed by atoms with E-state index in [4.69, 9.17) is 15.2 Å². The van der Waals surface area contributed by atoms with Crippen LogP contribution in [0.2, 0.25) is 0 Å². The van der Waals surface area contributed by atoms with E-state index in [-0.39, 0.29) is 17.6 Å². The Morgan fingerprint density at radius 1 is 1.35 bits per heavy atom. The summed E-state index contributed by atoms with van der Waals surface area (Å²) in [7, 11) is 1.86. The van der Waals surface area contributed by atoms with Crippen molar-refractivity contribution in [1.82, 2.24) is 10.3 Å². The molecule has 1 saturated carbocycles. The molecule has 8 heteroatoms. The zero-order chi connectivity index (χ0) is 23.4. The molecule has 0 bridgehead atoms. The SMILES string of the molecule is CO[C@]12CCC[C@@H]1CN(c1ccc3c(c1)OC[C@H](NC(=O)c1sc4nc(C)ccc4c1N)C3)C2. The fourth-order valence-corrected chi connectivity index (χ4v) is 6.97. The van der Waals surface area contributed by atoms with Crippen molar-refractivity contribution in [3.63, 3.8) is 0 Å². The van der Waals surface area contributed by atoms with Gasteiger partial charge in [0, 0.05) is 49.0 Å². The van der Waals surface area contributed by atoms with Gasteiger partial charge in [0.1, 0.15) is 22.1 Å². The van der Waals surface area contributed by atoms with Crippen molar-refractivity contribution in [3.8, 4) is 5.75 Å². The third kappa shape index (κ3) is 3.51. The molecular weight excluding hydrogens is 448 g/mol. The fourth-order valence-electron chi connectivity index (χ4n) is 5.92. The molecule has 6 rings (SSSR count). The third-order valence-electron chi connectivity index (χ3n) is 7.80. The molecule has 3 atom stereocenters. The quantitative estimate of drug-likeness (QED) is 0.591. The first-order valence-electron chi connectivity index (χ1n) is 12.0. The van der Waals surface area contributed by atoms with Crippen LogP contribution in [0.4, 0.5) is 11.4 Å². The lowest BCUT2D eigenvalue weighted by Crippen LogP contribution is -2.42. The number of fused-ring (bicyclic) bond motifs is 3. The molecule has 2 aromatic heterocycles. The van der Waals surface area contributed by atoms with Crippen molar-refractivity contribution >= 4 is 38.8 Å². The number of aryl methyl sites for hydroxylation is 1. The molecule has 1 aliphatic carbocycles. The molecule has 1 saturated heterocycles. The van der Waals surface area contributed by atoms with Gasteiger partial charge >= 0.3 is 0 Å². The van der Waals surface area contributed by atoms with E-state index in [1.165, 1.54) is 29.9 Å². The van der Waals surface area contributed by atoms with E-state index in [2.05, 4.69) is 33.4 Å². The Hall–Kier alpha value is -2.84. The monoisotopic (exact) mass is 478 g/mol. The van der Waals surface area contributed by atoms with Crippen molar-refractivity contribution in [1.29, 1.82) is 0 Å². The standard InChI is InChI=1S/C26H30N4O3S/c1-15-5-8-20-22(27)23(34-25(20)28-15)24(31)29-18-10-16-6-7-19(11-21(16)33-13-18)30-12-17-4-3-9-26(17,14-30)32-2/h5-8,11,17-18H,3-4,9-10,12-14,27H2,1-2H3,(H,29,31)/t17-,18-,26+/m1/s1. The number of nitrogen functional groups attached to an aromatic ring is 1. The predicted octanol–water partition coefficient (Wildman–Crippen LogP) is 3.93. The first kappa shape index (κ1) is 21.7. The molecule has 0 radical (unpaired) electrons. The average Bonchev–Trinajstić information content (AvgIpc) is 3.49. The number of carbonyl (C=O) groups excluding carboxylic acids is 1. The van der Waals surface area contributed by atoms with E-state index in [0.29, 0.717) is 23.1 Å². The smallest absolute Gasteiger partial charge is 0.263 e. The lowest BCUT2D eigenvalue weighted by molar-refractivity contribution is -0.0108. The van der Waals surface area contributed by atoms with Crippen LogP contribution in [0.25, 0.3) is 10.2 Å². The van der Waals surface area contributed by atoms with E-state index < -0.39 is 0 Å². The number of nitrogens with zero attached hydrogens (tertiary/aromatic N) is 2. The van der Waals surface area contributed by atoms with Gasteiger partial charge < -0.3 is 25.4 Å². The summed E-state index contributed by atoms with van der Waals surface area (Å²) in [6.45, 7) is 4.35. The maximum absolute atomic E-state index is 13.0. The number of hydrogen-bond acceptors (Lipinski definition) is 7. The second kappa shape index (κ2) is 8.13. The Morgan fingerprint density at radius 2 is 2.24 bits per heavy atom. The molecule has 2 aliphatic heterocycles. The summed E-state index contributed by atoms with van der Waals surface area (Å²) < 4.78 is 12.1. The van der Waals surface area contributed by atoms with Gasteiger partial charge in [-0.05, 0) is 49.9 Å². The largest absolute Gasteiger partial charge is 0.491 e. The topological polar surface area (TPSA) is 89.7 Å². The Balaban J connectivity index is 1.15. The Labute approximate surface area is 203 Å². The first-order chi connectivity index (χ1) is 16.5. The number of nitrogens with two attached hydrogens (primary N) is 1. The molecule has 7 nitrogen and oxygen atoms in total. The van der Waals surface area contributed by atoms with Crippen LogP contribution in [0.3, 0.4) is 0 Å². The molecule has 0 spiro atoms. The minimum absolute atomic E-state index is 0.00872. The van der Waals surface area contributed by atoms with Crippen LogP contribution in [-0.4, -0.2) is 49.3 Å². The number of pyridine rings is 1. The second-order valence-electron chi connectivity index (χ2n) is 9.87. The van der Waals surface area contributed by atoms with Crippen LogP contribution in [0.5, 0.6) is 5.75 Å². The maximum Gasteiger partial charge on any atom is 0.263 e. The molecular formula is C26H30N4O3S. The van der Waals surface area contributed by atoms with Gasteiger partial charge in [-0.25, -0.2) is 4.98 Å². The molecule has 4 heterocycles. The highest BCUT2D eigenvalue weighted by Crippen LogP contribution is 2.46. The minimum Gasteiger partial charge on any atom is -0.491 e. The van der Waals surface area contributed by atoms with Crippen molar-refractivity contribution in [2.24, 2.45) is 5.92 Å². The molecule has 2 fully saturated rings. The zero-order valence-electron chi connectivity index (χ0n) is 19.6. The second-order valence-corrected chi connectivity index (χ2v) is 10.9. The van der Waals surface area contributed by atoms with Gasteiger partial charge in [-0.3, -0.25) is 4.79 Å². The number of benzene rings is 1. The van der Waals surface area contributed by atoms with Crippen molar-refractivity contribution in [2.75, 3.05) is 37.4 Å². The summed E-state index contributed by atoms with van der Waals surface area (Å²) in [6.07, 6.45) is 4.38. The van der Waals surface area contributed by atoms with E-state index in [1.54, 1.807) is 0 Å². The van der Waals surface area contributed by atoms with Gasteiger partial charge in [0.25, 0.3) is 5.91 Å². The van der Waals surface area contributed by atoms with Gasteiger partial charge in [-0.15, -0.1) is 11.3 Å². The van der Waals surface area contributed by atoms with Crippen LogP contribution >= 0.6 is 11.3 Å². The first-order valence-corrected chi connectivity index (χ1v) is 12.8. The maximum atomic E-state index is 13.0. The van der Waals surface area contributed by atoms with Crippen molar-refractivity contribution in [3.05, 3.63) is 46.5 Å². The molecule has 178 valence electrons. The van der Waals surface area contributed by atoms with Gasteiger partial charge in [0.2, 0.25) is 0 Å². The number of amides is 1. The van der Waals surface area contributed by atoms with Gasteiger partial charge in [-0.2, -0.15) is 0 Å². The van der Waals surface area contributed by atoms with Crippen LogP contribution in [0, 0.1) is 12.8 Å². The van der Waals surface area contributed by atoms with Crippen LogP contribution < -0.4 is 20.7 Å².